The predicted molar refractivity (Wildman–Crippen MR) is 96.8 cm³/mol. The van der Waals surface area contributed by atoms with Gasteiger partial charge >= 0.3 is 0 Å². The Morgan fingerprint density at radius 3 is 2.68 bits per heavy atom. The first-order valence-corrected chi connectivity index (χ1v) is 7.99. The van der Waals surface area contributed by atoms with Crippen LogP contribution in [0.2, 0.25) is 0 Å². The van der Waals surface area contributed by atoms with Crippen LogP contribution in [0.25, 0.3) is 28.0 Å². The lowest BCUT2D eigenvalue weighted by atomic mass is 10.1. The molecule has 0 aliphatic rings. The van der Waals surface area contributed by atoms with Crippen molar-refractivity contribution >= 4 is 10.9 Å². The Morgan fingerprint density at radius 2 is 1.88 bits per heavy atom. The average molecular weight is 331 g/mol. The molecule has 6 nitrogen and oxygen atoms in total. The van der Waals surface area contributed by atoms with Crippen molar-refractivity contribution in [1.82, 2.24) is 24.3 Å². The highest BCUT2D eigenvalue weighted by molar-refractivity contribution is 5.82. The molecule has 6 heteroatoms. The molecule has 124 valence electrons. The number of rotatable bonds is 2. The molecule has 2 aromatic carbocycles. The van der Waals surface area contributed by atoms with Gasteiger partial charge in [-0.05, 0) is 43.7 Å². The minimum atomic E-state index is -0.0621. The quantitative estimate of drug-likeness (QED) is 0.566. The molecule has 0 N–H and O–H groups in total. The molecule has 0 fully saturated rings. The first-order valence-electron chi connectivity index (χ1n) is 7.99. The number of benzene rings is 2. The van der Waals surface area contributed by atoms with E-state index in [0.29, 0.717) is 16.7 Å². The van der Waals surface area contributed by atoms with Crippen LogP contribution in [-0.2, 0) is 7.05 Å². The van der Waals surface area contributed by atoms with Gasteiger partial charge in [0.15, 0.2) is 5.82 Å². The van der Waals surface area contributed by atoms with Gasteiger partial charge < -0.3 is 4.57 Å². The minimum absolute atomic E-state index is 0.0621. The molecule has 0 atom stereocenters. The van der Waals surface area contributed by atoms with Crippen molar-refractivity contribution in [3.05, 3.63) is 70.5 Å². The molecule has 25 heavy (non-hydrogen) atoms. The zero-order valence-corrected chi connectivity index (χ0v) is 14.3. The summed E-state index contributed by atoms with van der Waals surface area (Å²) in [6.45, 7) is 3.91. The van der Waals surface area contributed by atoms with E-state index in [9.17, 15) is 4.79 Å². The van der Waals surface area contributed by atoms with Gasteiger partial charge in [0, 0.05) is 12.6 Å². The van der Waals surface area contributed by atoms with E-state index in [4.69, 9.17) is 0 Å². The van der Waals surface area contributed by atoms with E-state index in [0.717, 1.165) is 22.6 Å². The molecule has 0 aliphatic heterocycles. The Labute approximate surface area is 144 Å². The number of hydrogen-bond acceptors (Lipinski definition) is 4. The number of aromatic nitrogens is 5. The maximum atomic E-state index is 12.2. The summed E-state index contributed by atoms with van der Waals surface area (Å²) < 4.78 is 3.30. The molecule has 0 bridgehead atoms. The third kappa shape index (κ3) is 2.61. The number of nitrogens with zero attached hydrogens (tertiary/aromatic N) is 5. The Balaban J connectivity index is 1.92. The van der Waals surface area contributed by atoms with E-state index in [1.165, 1.54) is 10.9 Å². The minimum Gasteiger partial charge on any atom is -0.302 e. The summed E-state index contributed by atoms with van der Waals surface area (Å²) in [7, 11) is 1.69. The normalized spacial score (nSPS) is 11.2. The first kappa shape index (κ1) is 15.3. The van der Waals surface area contributed by atoms with Crippen LogP contribution in [-0.4, -0.2) is 24.3 Å². The fourth-order valence-electron chi connectivity index (χ4n) is 2.89. The van der Waals surface area contributed by atoms with Crippen LogP contribution in [0.15, 0.2) is 53.6 Å². The van der Waals surface area contributed by atoms with Crippen molar-refractivity contribution in [2.75, 3.05) is 0 Å². The highest BCUT2D eigenvalue weighted by atomic mass is 16.1. The SMILES string of the molecule is Cc1cccc(-n2nc(C)nc2-c2ccc3c(=O)n(C)cnc3c2)c1. The van der Waals surface area contributed by atoms with E-state index in [1.54, 1.807) is 13.1 Å². The fourth-order valence-corrected chi connectivity index (χ4v) is 2.89. The molecular formula is C19H17N5O. The zero-order chi connectivity index (χ0) is 17.6. The maximum absolute atomic E-state index is 12.2. The molecule has 0 unspecified atom stereocenters. The molecule has 0 amide bonds. The van der Waals surface area contributed by atoms with Crippen LogP contribution in [0.1, 0.15) is 11.4 Å². The molecule has 0 radical (unpaired) electrons. The van der Waals surface area contributed by atoms with Crippen LogP contribution < -0.4 is 5.56 Å². The van der Waals surface area contributed by atoms with Crippen LogP contribution in [0, 0.1) is 13.8 Å². The summed E-state index contributed by atoms with van der Waals surface area (Å²) in [5, 5.41) is 5.12. The van der Waals surface area contributed by atoms with Gasteiger partial charge in [0.25, 0.3) is 5.56 Å². The van der Waals surface area contributed by atoms with Gasteiger partial charge in [-0.3, -0.25) is 4.79 Å². The lowest BCUT2D eigenvalue weighted by Crippen LogP contribution is -2.16. The third-order valence-corrected chi connectivity index (χ3v) is 4.14. The van der Waals surface area contributed by atoms with E-state index >= 15 is 0 Å². The van der Waals surface area contributed by atoms with Gasteiger partial charge in [0.2, 0.25) is 0 Å². The van der Waals surface area contributed by atoms with Crippen LogP contribution in [0.4, 0.5) is 0 Å². The van der Waals surface area contributed by atoms with Crippen LogP contribution in [0.5, 0.6) is 0 Å². The fraction of sp³-hybridized carbons (Fsp3) is 0.158. The molecule has 0 aliphatic carbocycles. The number of aryl methyl sites for hydroxylation is 3. The van der Waals surface area contributed by atoms with Gasteiger partial charge in [-0.1, -0.05) is 18.2 Å². The number of fused-ring (bicyclic) bond motifs is 1. The van der Waals surface area contributed by atoms with Gasteiger partial charge in [-0.15, -0.1) is 0 Å². The summed E-state index contributed by atoms with van der Waals surface area (Å²) in [4.78, 5) is 21.1. The van der Waals surface area contributed by atoms with Crippen molar-refractivity contribution < 1.29 is 0 Å². The summed E-state index contributed by atoms with van der Waals surface area (Å²) in [6, 6.07) is 13.7. The van der Waals surface area contributed by atoms with Crippen molar-refractivity contribution in [3.63, 3.8) is 0 Å². The Kier molecular flexibility index (Phi) is 3.46. The van der Waals surface area contributed by atoms with E-state index in [1.807, 2.05) is 48.9 Å². The van der Waals surface area contributed by atoms with Crippen LogP contribution >= 0.6 is 0 Å². The second kappa shape index (κ2) is 5.66. The number of hydrogen-bond donors (Lipinski definition) is 0. The van der Waals surface area contributed by atoms with Crippen LogP contribution in [0.3, 0.4) is 0 Å². The van der Waals surface area contributed by atoms with E-state index in [-0.39, 0.29) is 5.56 Å². The van der Waals surface area contributed by atoms with Gasteiger partial charge in [0.05, 0.1) is 22.9 Å². The second-order valence-electron chi connectivity index (χ2n) is 6.13. The second-order valence-corrected chi connectivity index (χ2v) is 6.13. The molecule has 0 spiro atoms. The molecule has 0 saturated carbocycles. The largest absolute Gasteiger partial charge is 0.302 e. The molecule has 0 saturated heterocycles. The van der Waals surface area contributed by atoms with E-state index in [2.05, 4.69) is 21.1 Å². The lowest BCUT2D eigenvalue weighted by Gasteiger charge is -2.08. The summed E-state index contributed by atoms with van der Waals surface area (Å²) >= 11 is 0. The summed E-state index contributed by atoms with van der Waals surface area (Å²) in [6.07, 6.45) is 1.53. The Morgan fingerprint density at radius 1 is 1.04 bits per heavy atom. The zero-order valence-electron chi connectivity index (χ0n) is 14.3. The van der Waals surface area contributed by atoms with Gasteiger partial charge in [-0.2, -0.15) is 5.10 Å². The third-order valence-electron chi connectivity index (χ3n) is 4.14. The van der Waals surface area contributed by atoms with Crippen molar-refractivity contribution in [2.45, 2.75) is 13.8 Å². The van der Waals surface area contributed by atoms with Gasteiger partial charge in [0.1, 0.15) is 5.82 Å². The maximum Gasteiger partial charge on any atom is 0.260 e. The summed E-state index contributed by atoms with van der Waals surface area (Å²) in [5.41, 5.74) is 3.56. The topological polar surface area (TPSA) is 65.6 Å². The lowest BCUT2D eigenvalue weighted by molar-refractivity contribution is 0.842. The highest BCUT2D eigenvalue weighted by Crippen LogP contribution is 2.24. The standard InChI is InChI=1S/C19H17N5O/c1-12-5-4-6-15(9-12)24-18(21-13(2)22-24)14-7-8-16-17(10-14)20-11-23(3)19(16)25/h4-11H,1-3H3. The predicted octanol–water partition coefficient (Wildman–Crippen LogP) is 2.80. The van der Waals surface area contributed by atoms with Gasteiger partial charge in [-0.25, -0.2) is 14.6 Å². The molecule has 4 rings (SSSR count). The molecule has 4 aromatic rings. The Hall–Kier alpha value is -3.28. The first-order chi connectivity index (χ1) is 12.0. The van der Waals surface area contributed by atoms with Crippen molar-refractivity contribution in [2.24, 2.45) is 7.05 Å². The van der Waals surface area contributed by atoms with Crippen molar-refractivity contribution in [3.8, 4) is 17.1 Å². The average Bonchev–Trinajstić information content (AvgIpc) is 3.00. The Bertz CT molecular complexity index is 1160. The monoisotopic (exact) mass is 331 g/mol. The summed E-state index contributed by atoms with van der Waals surface area (Å²) in [5.74, 6) is 1.42. The molecule has 2 heterocycles. The highest BCUT2D eigenvalue weighted by Gasteiger charge is 2.13. The smallest absolute Gasteiger partial charge is 0.260 e. The molecule has 2 aromatic heterocycles. The van der Waals surface area contributed by atoms with E-state index < -0.39 is 0 Å². The van der Waals surface area contributed by atoms with Crippen molar-refractivity contribution in [1.29, 1.82) is 0 Å². The molecular weight excluding hydrogens is 314 g/mol.